The highest BCUT2D eigenvalue weighted by molar-refractivity contribution is 5.78. The minimum atomic E-state index is 0.172. The minimum Gasteiger partial charge on any atom is -0.496 e. The third kappa shape index (κ3) is 4.46. The van der Waals surface area contributed by atoms with Crippen LogP contribution in [0.2, 0.25) is 0 Å². The van der Waals surface area contributed by atoms with Gasteiger partial charge in [0.25, 0.3) is 0 Å². The molecule has 0 saturated heterocycles. The van der Waals surface area contributed by atoms with Crippen LogP contribution >= 0.6 is 0 Å². The highest BCUT2D eigenvalue weighted by Gasteiger charge is 2.25. The van der Waals surface area contributed by atoms with Gasteiger partial charge in [-0.2, -0.15) is 0 Å². The normalized spacial score (nSPS) is 21.8. The van der Waals surface area contributed by atoms with Gasteiger partial charge in [0.2, 0.25) is 5.91 Å². The van der Waals surface area contributed by atoms with Crippen LogP contribution < -0.4 is 15.8 Å². The lowest BCUT2D eigenvalue weighted by molar-refractivity contribution is -0.126. The maximum Gasteiger partial charge on any atom is 0.223 e. The zero-order valence-electron chi connectivity index (χ0n) is 12.8. The van der Waals surface area contributed by atoms with Gasteiger partial charge in [-0.05, 0) is 56.2 Å². The summed E-state index contributed by atoms with van der Waals surface area (Å²) >= 11 is 0. The Morgan fingerprint density at radius 2 is 2.00 bits per heavy atom. The van der Waals surface area contributed by atoms with Gasteiger partial charge in [-0.1, -0.05) is 18.2 Å². The van der Waals surface area contributed by atoms with E-state index in [0.29, 0.717) is 12.5 Å². The summed E-state index contributed by atoms with van der Waals surface area (Å²) in [5.74, 6) is 1.86. The Kier molecular flexibility index (Phi) is 6.05. The summed E-state index contributed by atoms with van der Waals surface area (Å²) in [7, 11) is 1.67. The molecule has 4 heteroatoms. The molecule has 1 aromatic rings. The predicted molar refractivity (Wildman–Crippen MR) is 84.2 cm³/mol. The average Bonchev–Trinajstić information content (AvgIpc) is 2.55. The van der Waals surface area contributed by atoms with Crippen molar-refractivity contribution in [3.05, 3.63) is 29.8 Å². The van der Waals surface area contributed by atoms with E-state index in [9.17, 15) is 4.79 Å². The first kappa shape index (κ1) is 15.8. The number of para-hydroxylation sites is 1. The van der Waals surface area contributed by atoms with Crippen molar-refractivity contribution in [1.82, 2.24) is 5.32 Å². The number of ether oxygens (including phenoxy) is 1. The van der Waals surface area contributed by atoms with Crippen LogP contribution in [0.25, 0.3) is 0 Å². The lowest BCUT2D eigenvalue weighted by Crippen LogP contribution is -2.35. The van der Waals surface area contributed by atoms with Crippen LogP contribution in [0.3, 0.4) is 0 Å². The van der Waals surface area contributed by atoms with Crippen molar-refractivity contribution in [1.29, 1.82) is 0 Å². The van der Waals surface area contributed by atoms with Gasteiger partial charge < -0.3 is 15.8 Å². The first-order valence-corrected chi connectivity index (χ1v) is 7.84. The number of carbonyl (C=O) groups is 1. The van der Waals surface area contributed by atoms with E-state index in [2.05, 4.69) is 5.32 Å². The Bertz CT molecular complexity index is 454. The molecular weight excluding hydrogens is 264 g/mol. The number of rotatable bonds is 6. The first-order chi connectivity index (χ1) is 10.2. The molecule has 0 radical (unpaired) electrons. The van der Waals surface area contributed by atoms with Crippen LogP contribution in [-0.2, 0) is 11.2 Å². The van der Waals surface area contributed by atoms with E-state index in [1.807, 2.05) is 24.3 Å². The molecule has 0 bridgehead atoms. The lowest BCUT2D eigenvalue weighted by atomic mass is 9.81. The molecule has 3 N–H and O–H groups in total. The van der Waals surface area contributed by atoms with Crippen LogP contribution in [0.5, 0.6) is 5.75 Å². The topological polar surface area (TPSA) is 64.3 Å². The van der Waals surface area contributed by atoms with Crippen molar-refractivity contribution >= 4 is 5.91 Å². The largest absolute Gasteiger partial charge is 0.496 e. The molecular formula is C17H26N2O2. The van der Waals surface area contributed by atoms with Crippen LogP contribution in [-0.4, -0.2) is 26.1 Å². The van der Waals surface area contributed by atoms with Gasteiger partial charge in [-0.15, -0.1) is 0 Å². The summed E-state index contributed by atoms with van der Waals surface area (Å²) in [6.07, 6.45) is 4.92. The number of hydrogen-bond donors (Lipinski definition) is 2. The number of nitrogens with two attached hydrogens (primary N) is 1. The molecule has 0 atom stereocenters. The number of benzene rings is 1. The van der Waals surface area contributed by atoms with Crippen molar-refractivity contribution in [3.63, 3.8) is 0 Å². The van der Waals surface area contributed by atoms with Crippen LogP contribution in [0.1, 0.15) is 31.2 Å². The molecule has 1 aliphatic rings. The molecule has 1 aliphatic carbocycles. The fraction of sp³-hybridized carbons (Fsp3) is 0.588. The van der Waals surface area contributed by atoms with Gasteiger partial charge in [0.1, 0.15) is 5.75 Å². The second-order valence-corrected chi connectivity index (χ2v) is 5.81. The third-order valence-corrected chi connectivity index (χ3v) is 4.44. The van der Waals surface area contributed by atoms with E-state index in [1.54, 1.807) is 7.11 Å². The molecule has 1 aromatic carbocycles. The first-order valence-electron chi connectivity index (χ1n) is 7.84. The summed E-state index contributed by atoms with van der Waals surface area (Å²) in [4.78, 5) is 12.2. The SMILES string of the molecule is COc1ccccc1CCNC(=O)C1CCC(CN)CC1. The molecule has 0 spiro atoms. The van der Waals surface area contributed by atoms with Gasteiger partial charge in [-0.3, -0.25) is 4.79 Å². The van der Waals surface area contributed by atoms with Crippen LogP contribution in [0, 0.1) is 11.8 Å². The summed E-state index contributed by atoms with van der Waals surface area (Å²) in [5, 5.41) is 3.06. The van der Waals surface area contributed by atoms with E-state index < -0.39 is 0 Å². The molecule has 0 unspecified atom stereocenters. The summed E-state index contributed by atoms with van der Waals surface area (Å²) in [5.41, 5.74) is 6.82. The highest BCUT2D eigenvalue weighted by atomic mass is 16.5. The molecule has 0 aliphatic heterocycles. The maximum absolute atomic E-state index is 12.2. The molecule has 21 heavy (non-hydrogen) atoms. The fourth-order valence-corrected chi connectivity index (χ4v) is 3.03. The summed E-state index contributed by atoms with van der Waals surface area (Å²) in [6.45, 7) is 1.41. The van der Waals surface area contributed by atoms with Crippen molar-refractivity contribution < 1.29 is 9.53 Å². The van der Waals surface area contributed by atoms with E-state index in [0.717, 1.165) is 50.0 Å². The zero-order chi connectivity index (χ0) is 15.1. The monoisotopic (exact) mass is 290 g/mol. The van der Waals surface area contributed by atoms with Crippen molar-refractivity contribution in [2.75, 3.05) is 20.2 Å². The third-order valence-electron chi connectivity index (χ3n) is 4.44. The van der Waals surface area contributed by atoms with Gasteiger partial charge in [0.05, 0.1) is 7.11 Å². The second-order valence-electron chi connectivity index (χ2n) is 5.81. The Morgan fingerprint density at radius 1 is 1.29 bits per heavy atom. The number of nitrogens with one attached hydrogen (secondary N) is 1. The van der Waals surface area contributed by atoms with E-state index >= 15 is 0 Å². The number of carbonyl (C=O) groups excluding carboxylic acids is 1. The number of hydrogen-bond acceptors (Lipinski definition) is 3. The molecule has 0 aromatic heterocycles. The predicted octanol–water partition coefficient (Wildman–Crippen LogP) is 2.12. The lowest BCUT2D eigenvalue weighted by Gasteiger charge is -2.26. The van der Waals surface area contributed by atoms with Gasteiger partial charge in [0, 0.05) is 12.5 Å². The van der Waals surface area contributed by atoms with Gasteiger partial charge >= 0.3 is 0 Å². The molecule has 0 heterocycles. The van der Waals surface area contributed by atoms with E-state index in [-0.39, 0.29) is 11.8 Å². The Hall–Kier alpha value is -1.55. The molecule has 1 amide bonds. The van der Waals surface area contributed by atoms with Crippen LogP contribution in [0.15, 0.2) is 24.3 Å². The van der Waals surface area contributed by atoms with Gasteiger partial charge in [0.15, 0.2) is 0 Å². The Morgan fingerprint density at radius 3 is 2.67 bits per heavy atom. The maximum atomic E-state index is 12.2. The fourth-order valence-electron chi connectivity index (χ4n) is 3.03. The molecule has 2 rings (SSSR count). The average molecular weight is 290 g/mol. The van der Waals surface area contributed by atoms with E-state index in [1.165, 1.54) is 0 Å². The molecule has 1 saturated carbocycles. The van der Waals surface area contributed by atoms with Crippen molar-refractivity contribution in [2.24, 2.45) is 17.6 Å². The summed E-state index contributed by atoms with van der Waals surface area (Å²) in [6, 6.07) is 7.94. The highest BCUT2D eigenvalue weighted by Crippen LogP contribution is 2.28. The minimum absolute atomic E-state index is 0.172. The second kappa shape index (κ2) is 8.03. The smallest absolute Gasteiger partial charge is 0.223 e. The Balaban J connectivity index is 1.74. The zero-order valence-corrected chi connectivity index (χ0v) is 12.8. The molecule has 4 nitrogen and oxygen atoms in total. The van der Waals surface area contributed by atoms with E-state index in [4.69, 9.17) is 10.5 Å². The molecule has 1 fully saturated rings. The number of methoxy groups -OCH3 is 1. The molecule has 116 valence electrons. The quantitative estimate of drug-likeness (QED) is 0.843. The number of amides is 1. The van der Waals surface area contributed by atoms with Crippen molar-refractivity contribution in [3.8, 4) is 5.75 Å². The standard InChI is InChI=1S/C17H26N2O2/c1-21-16-5-3-2-4-14(16)10-11-19-17(20)15-8-6-13(12-18)7-9-15/h2-5,13,15H,6-12,18H2,1H3,(H,19,20). The Labute approximate surface area is 127 Å². The summed E-state index contributed by atoms with van der Waals surface area (Å²) < 4.78 is 5.32. The van der Waals surface area contributed by atoms with Crippen LogP contribution in [0.4, 0.5) is 0 Å². The van der Waals surface area contributed by atoms with Gasteiger partial charge in [-0.25, -0.2) is 0 Å². The van der Waals surface area contributed by atoms with Crippen molar-refractivity contribution in [2.45, 2.75) is 32.1 Å².